The maximum atomic E-state index is 10.7. The van der Waals surface area contributed by atoms with Crippen LogP contribution in [0.25, 0.3) is 6.08 Å². The van der Waals surface area contributed by atoms with E-state index in [0.717, 1.165) is 28.8 Å². The Hall–Kier alpha value is -2.75. The lowest BCUT2D eigenvalue weighted by atomic mass is 10.1. The van der Waals surface area contributed by atoms with Gasteiger partial charge in [-0.25, -0.2) is 4.79 Å². The lowest BCUT2D eigenvalue weighted by Gasteiger charge is -2.22. The standard InChI is InChI=1S/C17H17NO3/c1-18(14-7-5-8-15(12-14)21-2)16-9-4-3-6-13(16)10-11-17(19)20/h3-12H,1-2H3,(H,19,20). The molecular weight excluding hydrogens is 266 g/mol. The van der Waals surface area contributed by atoms with Gasteiger partial charge in [0.25, 0.3) is 0 Å². The molecule has 0 spiro atoms. The van der Waals surface area contributed by atoms with Crippen LogP contribution in [0, 0.1) is 0 Å². The van der Waals surface area contributed by atoms with E-state index in [4.69, 9.17) is 9.84 Å². The first-order chi connectivity index (χ1) is 10.1. The van der Waals surface area contributed by atoms with Gasteiger partial charge < -0.3 is 14.7 Å². The first-order valence-electron chi connectivity index (χ1n) is 6.49. The van der Waals surface area contributed by atoms with Crippen LogP contribution >= 0.6 is 0 Å². The van der Waals surface area contributed by atoms with Crippen LogP contribution < -0.4 is 9.64 Å². The molecule has 4 nitrogen and oxygen atoms in total. The first-order valence-corrected chi connectivity index (χ1v) is 6.49. The van der Waals surface area contributed by atoms with Gasteiger partial charge in [-0.3, -0.25) is 0 Å². The zero-order valence-electron chi connectivity index (χ0n) is 12.0. The second kappa shape index (κ2) is 6.61. The fourth-order valence-electron chi connectivity index (χ4n) is 2.05. The van der Waals surface area contributed by atoms with Gasteiger partial charge >= 0.3 is 5.97 Å². The number of hydrogen-bond acceptors (Lipinski definition) is 3. The highest BCUT2D eigenvalue weighted by Crippen LogP contribution is 2.29. The molecule has 0 atom stereocenters. The molecule has 2 rings (SSSR count). The van der Waals surface area contributed by atoms with Crippen molar-refractivity contribution in [1.29, 1.82) is 0 Å². The van der Waals surface area contributed by atoms with Crippen LogP contribution in [0.3, 0.4) is 0 Å². The molecule has 1 N–H and O–H groups in total. The average molecular weight is 283 g/mol. The number of benzene rings is 2. The number of nitrogens with zero attached hydrogens (tertiary/aromatic N) is 1. The molecule has 0 saturated carbocycles. The second-order valence-electron chi connectivity index (χ2n) is 4.49. The molecule has 21 heavy (non-hydrogen) atoms. The van der Waals surface area contributed by atoms with Crippen LogP contribution in [-0.4, -0.2) is 25.2 Å². The van der Waals surface area contributed by atoms with E-state index in [-0.39, 0.29) is 0 Å². The topological polar surface area (TPSA) is 49.8 Å². The Kier molecular flexibility index (Phi) is 4.61. The maximum absolute atomic E-state index is 10.7. The number of rotatable bonds is 5. The highest BCUT2D eigenvalue weighted by atomic mass is 16.5. The lowest BCUT2D eigenvalue weighted by Crippen LogP contribution is -2.10. The van der Waals surface area contributed by atoms with E-state index < -0.39 is 5.97 Å². The SMILES string of the molecule is COc1cccc(N(C)c2ccccc2C=CC(=O)O)c1. The lowest BCUT2D eigenvalue weighted by molar-refractivity contribution is -0.131. The summed E-state index contributed by atoms with van der Waals surface area (Å²) in [5.41, 5.74) is 2.72. The van der Waals surface area contributed by atoms with Crippen molar-refractivity contribution in [3.05, 3.63) is 60.2 Å². The Morgan fingerprint density at radius 2 is 1.95 bits per heavy atom. The normalized spacial score (nSPS) is 10.6. The summed E-state index contributed by atoms with van der Waals surface area (Å²) in [5.74, 6) is -0.188. The minimum Gasteiger partial charge on any atom is -0.497 e. The minimum atomic E-state index is -0.964. The molecule has 0 fully saturated rings. The van der Waals surface area contributed by atoms with E-state index in [0.29, 0.717) is 0 Å². The van der Waals surface area contributed by atoms with Crippen molar-refractivity contribution in [3.63, 3.8) is 0 Å². The predicted octanol–water partition coefficient (Wildman–Crippen LogP) is 3.56. The average Bonchev–Trinajstić information content (AvgIpc) is 2.52. The molecule has 0 aromatic heterocycles. The van der Waals surface area contributed by atoms with Crippen molar-refractivity contribution in [3.8, 4) is 5.75 Å². The van der Waals surface area contributed by atoms with Gasteiger partial charge in [0, 0.05) is 30.6 Å². The molecular formula is C17H17NO3. The quantitative estimate of drug-likeness (QED) is 0.852. The summed E-state index contributed by atoms with van der Waals surface area (Å²) in [4.78, 5) is 12.7. The monoisotopic (exact) mass is 283 g/mol. The highest BCUT2D eigenvalue weighted by Gasteiger charge is 2.08. The smallest absolute Gasteiger partial charge is 0.328 e. The summed E-state index contributed by atoms with van der Waals surface area (Å²) >= 11 is 0. The Morgan fingerprint density at radius 1 is 1.19 bits per heavy atom. The number of carboxylic acids is 1. The molecule has 0 aliphatic heterocycles. The van der Waals surface area contributed by atoms with E-state index in [2.05, 4.69) is 0 Å². The Bertz CT molecular complexity index is 665. The number of carbonyl (C=O) groups is 1. The third-order valence-electron chi connectivity index (χ3n) is 3.14. The molecule has 0 bridgehead atoms. The molecule has 2 aromatic rings. The van der Waals surface area contributed by atoms with Crippen LogP contribution in [0.2, 0.25) is 0 Å². The fourth-order valence-corrected chi connectivity index (χ4v) is 2.05. The zero-order valence-corrected chi connectivity index (χ0v) is 12.0. The Balaban J connectivity index is 2.38. The highest BCUT2D eigenvalue weighted by molar-refractivity contribution is 5.87. The summed E-state index contributed by atoms with van der Waals surface area (Å²) in [6, 6.07) is 15.3. The van der Waals surface area contributed by atoms with Gasteiger partial charge in [-0.15, -0.1) is 0 Å². The van der Waals surface area contributed by atoms with E-state index in [1.807, 2.05) is 60.5 Å². The van der Waals surface area contributed by atoms with Crippen LogP contribution in [0.4, 0.5) is 11.4 Å². The van der Waals surface area contributed by atoms with Gasteiger partial charge in [0.2, 0.25) is 0 Å². The molecule has 0 unspecified atom stereocenters. The van der Waals surface area contributed by atoms with Gasteiger partial charge in [0.15, 0.2) is 0 Å². The van der Waals surface area contributed by atoms with Crippen molar-refractivity contribution in [2.24, 2.45) is 0 Å². The number of aliphatic carboxylic acids is 1. The second-order valence-corrected chi connectivity index (χ2v) is 4.49. The van der Waals surface area contributed by atoms with Crippen molar-refractivity contribution in [2.45, 2.75) is 0 Å². The zero-order chi connectivity index (χ0) is 15.2. The van der Waals surface area contributed by atoms with Gasteiger partial charge in [0.05, 0.1) is 7.11 Å². The van der Waals surface area contributed by atoms with Gasteiger partial charge in [0.1, 0.15) is 5.75 Å². The van der Waals surface area contributed by atoms with Crippen molar-refractivity contribution >= 4 is 23.4 Å². The molecule has 0 radical (unpaired) electrons. The van der Waals surface area contributed by atoms with Crippen LogP contribution in [0.15, 0.2) is 54.6 Å². The molecule has 2 aromatic carbocycles. The molecule has 4 heteroatoms. The molecule has 0 heterocycles. The van der Waals surface area contributed by atoms with Crippen molar-refractivity contribution in [2.75, 3.05) is 19.1 Å². The number of ether oxygens (including phenoxy) is 1. The largest absolute Gasteiger partial charge is 0.497 e. The summed E-state index contributed by atoms with van der Waals surface area (Å²) in [7, 11) is 3.56. The fraction of sp³-hybridized carbons (Fsp3) is 0.118. The maximum Gasteiger partial charge on any atom is 0.328 e. The van der Waals surface area contributed by atoms with Crippen molar-refractivity contribution < 1.29 is 14.6 Å². The van der Waals surface area contributed by atoms with E-state index in [1.54, 1.807) is 13.2 Å². The molecule has 108 valence electrons. The molecule has 0 saturated heterocycles. The van der Waals surface area contributed by atoms with E-state index in [1.165, 1.54) is 0 Å². The molecule has 0 aliphatic rings. The Labute approximate surface area is 123 Å². The first kappa shape index (κ1) is 14.7. The predicted molar refractivity (Wildman–Crippen MR) is 84.2 cm³/mol. The van der Waals surface area contributed by atoms with Crippen LogP contribution in [0.5, 0.6) is 5.75 Å². The number of para-hydroxylation sites is 1. The van der Waals surface area contributed by atoms with Gasteiger partial charge in [-0.05, 0) is 29.8 Å². The summed E-state index contributed by atoms with van der Waals surface area (Å²) in [5, 5.41) is 8.77. The number of anilines is 2. The third kappa shape index (κ3) is 3.63. The number of hydrogen-bond donors (Lipinski definition) is 1. The molecule has 0 aliphatic carbocycles. The van der Waals surface area contributed by atoms with E-state index in [9.17, 15) is 4.79 Å². The minimum absolute atomic E-state index is 0.776. The molecule has 0 amide bonds. The van der Waals surface area contributed by atoms with Crippen molar-refractivity contribution in [1.82, 2.24) is 0 Å². The van der Waals surface area contributed by atoms with Gasteiger partial charge in [-0.2, -0.15) is 0 Å². The third-order valence-corrected chi connectivity index (χ3v) is 3.14. The summed E-state index contributed by atoms with van der Waals surface area (Å²) < 4.78 is 5.23. The summed E-state index contributed by atoms with van der Waals surface area (Å²) in [6.07, 6.45) is 2.73. The van der Waals surface area contributed by atoms with Gasteiger partial charge in [-0.1, -0.05) is 24.3 Å². The number of carboxylic acid groups (broad SMARTS) is 1. The van der Waals surface area contributed by atoms with Crippen LogP contribution in [0.1, 0.15) is 5.56 Å². The summed E-state index contributed by atoms with van der Waals surface area (Å²) in [6.45, 7) is 0. The number of methoxy groups -OCH3 is 1. The van der Waals surface area contributed by atoms with Crippen LogP contribution in [-0.2, 0) is 4.79 Å². The Morgan fingerprint density at radius 3 is 2.67 bits per heavy atom. The van der Waals surface area contributed by atoms with E-state index >= 15 is 0 Å².